The third-order valence-electron chi connectivity index (χ3n) is 5.14. The fourth-order valence-corrected chi connectivity index (χ4v) is 4.07. The summed E-state index contributed by atoms with van der Waals surface area (Å²) in [5, 5.41) is 5.30. The van der Waals surface area contributed by atoms with E-state index < -0.39 is 0 Å². The molecule has 0 saturated heterocycles. The number of carbonyl (C=O) groups excluding carboxylic acids is 1. The van der Waals surface area contributed by atoms with Crippen molar-refractivity contribution in [3.63, 3.8) is 0 Å². The van der Waals surface area contributed by atoms with Crippen LogP contribution in [0.3, 0.4) is 0 Å². The Hall–Kier alpha value is -2.89. The minimum absolute atomic E-state index is 0.152. The van der Waals surface area contributed by atoms with E-state index >= 15 is 0 Å². The van der Waals surface area contributed by atoms with Gasteiger partial charge < -0.3 is 4.74 Å². The van der Waals surface area contributed by atoms with Gasteiger partial charge in [0.05, 0.1) is 23.5 Å². The van der Waals surface area contributed by atoms with Gasteiger partial charge in [-0.3, -0.25) is 4.79 Å². The second-order valence-electron chi connectivity index (χ2n) is 7.25. The van der Waals surface area contributed by atoms with E-state index in [-0.39, 0.29) is 5.78 Å². The number of carbonyl (C=O) groups is 1. The molecule has 0 fully saturated rings. The number of hydrogen-bond donors (Lipinski definition) is 0. The molecule has 0 aliphatic heterocycles. The molecule has 6 heteroatoms. The highest BCUT2D eigenvalue weighted by molar-refractivity contribution is 9.10. The number of hydrogen-bond acceptors (Lipinski definition) is 3. The van der Waals surface area contributed by atoms with Gasteiger partial charge in [0.1, 0.15) is 11.4 Å². The average Bonchev–Trinajstić information content (AvgIpc) is 3.10. The van der Waals surface area contributed by atoms with Crippen LogP contribution in [0.25, 0.3) is 16.9 Å². The van der Waals surface area contributed by atoms with Crippen molar-refractivity contribution in [1.29, 1.82) is 0 Å². The van der Waals surface area contributed by atoms with Crippen LogP contribution in [0.2, 0.25) is 5.02 Å². The largest absolute Gasteiger partial charge is 0.497 e. The molecular formula is C25H20BrClN2O2. The minimum atomic E-state index is -0.152. The van der Waals surface area contributed by atoms with Crippen LogP contribution in [0.4, 0.5) is 0 Å². The summed E-state index contributed by atoms with van der Waals surface area (Å²) in [5.74, 6) is 0.543. The lowest BCUT2D eigenvalue weighted by Gasteiger charge is -2.11. The Morgan fingerprint density at radius 3 is 2.29 bits per heavy atom. The van der Waals surface area contributed by atoms with Crippen LogP contribution in [0, 0.1) is 13.8 Å². The van der Waals surface area contributed by atoms with Crippen molar-refractivity contribution in [3.05, 3.63) is 98.6 Å². The fourth-order valence-electron chi connectivity index (χ4n) is 3.50. The van der Waals surface area contributed by atoms with Gasteiger partial charge in [-0.25, -0.2) is 4.68 Å². The molecular weight excluding hydrogens is 476 g/mol. The molecule has 1 aromatic heterocycles. The molecule has 1 heterocycles. The van der Waals surface area contributed by atoms with Gasteiger partial charge in [-0.1, -0.05) is 45.7 Å². The third-order valence-corrected chi connectivity index (χ3v) is 5.97. The number of methoxy groups -OCH3 is 1. The molecule has 0 aliphatic rings. The summed E-state index contributed by atoms with van der Waals surface area (Å²) in [6, 6.07) is 20.8. The Kier molecular flexibility index (Phi) is 5.99. The summed E-state index contributed by atoms with van der Waals surface area (Å²) < 4.78 is 7.94. The molecule has 3 aromatic carbocycles. The zero-order valence-electron chi connectivity index (χ0n) is 17.3. The Bertz CT molecular complexity index is 1260. The molecule has 0 saturated carbocycles. The maximum Gasteiger partial charge on any atom is 0.213 e. The molecule has 0 aliphatic carbocycles. The van der Waals surface area contributed by atoms with Crippen LogP contribution < -0.4 is 4.74 Å². The van der Waals surface area contributed by atoms with Crippen LogP contribution in [0.15, 0.2) is 71.2 Å². The van der Waals surface area contributed by atoms with Crippen molar-refractivity contribution < 1.29 is 9.53 Å². The van der Waals surface area contributed by atoms with Crippen LogP contribution >= 0.6 is 27.5 Å². The third kappa shape index (κ3) is 4.16. The van der Waals surface area contributed by atoms with Gasteiger partial charge in [-0.05, 0) is 67.9 Å². The molecule has 0 N–H and O–H groups in total. The fraction of sp³-hybridized carbons (Fsp3) is 0.120. The molecule has 0 radical (unpaired) electrons. The number of rotatable bonds is 5. The lowest BCUT2D eigenvalue weighted by Crippen LogP contribution is -2.05. The van der Waals surface area contributed by atoms with Crippen molar-refractivity contribution in [2.24, 2.45) is 0 Å². The molecule has 4 nitrogen and oxygen atoms in total. The topological polar surface area (TPSA) is 44.1 Å². The van der Waals surface area contributed by atoms with Crippen molar-refractivity contribution >= 4 is 33.3 Å². The highest BCUT2D eigenvalue weighted by Crippen LogP contribution is 2.33. The Balaban J connectivity index is 1.91. The molecule has 0 bridgehead atoms. The first-order valence-corrected chi connectivity index (χ1v) is 10.9. The first kappa shape index (κ1) is 21.3. The van der Waals surface area contributed by atoms with Crippen LogP contribution in [0.1, 0.15) is 27.2 Å². The van der Waals surface area contributed by atoms with E-state index in [4.69, 9.17) is 21.4 Å². The van der Waals surface area contributed by atoms with Crippen molar-refractivity contribution in [2.75, 3.05) is 7.11 Å². The van der Waals surface area contributed by atoms with E-state index in [2.05, 4.69) is 15.9 Å². The standard InChI is InChI=1S/C25H20BrClN2O2/c1-15-4-13-22(21(27)14-15)29-24(17-5-9-19(26)10-6-17)16(2)23(28-29)25(30)18-7-11-20(31-3)12-8-18/h4-14H,1-3H3. The molecule has 0 amide bonds. The predicted octanol–water partition coefficient (Wildman–Crippen LogP) is 6.81. The number of nitrogens with zero attached hydrogens (tertiary/aromatic N) is 2. The van der Waals surface area contributed by atoms with Gasteiger partial charge in [0.2, 0.25) is 5.78 Å². The summed E-state index contributed by atoms with van der Waals surface area (Å²) >= 11 is 10.1. The summed E-state index contributed by atoms with van der Waals surface area (Å²) in [5.41, 5.74) is 5.28. The zero-order chi connectivity index (χ0) is 22.1. The maximum absolute atomic E-state index is 13.3. The van der Waals surface area contributed by atoms with Crippen molar-refractivity contribution in [2.45, 2.75) is 13.8 Å². The van der Waals surface area contributed by atoms with Crippen molar-refractivity contribution in [1.82, 2.24) is 9.78 Å². The monoisotopic (exact) mass is 494 g/mol. The number of benzene rings is 3. The lowest BCUT2D eigenvalue weighted by molar-refractivity contribution is 0.103. The maximum atomic E-state index is 13.3. The van der Waals surface area contributed by atoms with Crippen LogP contribution in [-0.2, 0) is 0 Å². The predicted molar refractivity (Wildman–Crippen MR) is 128 cm³/mol. The molecule has 31 heavy (non-hydrogen) atoms. The number of aromatic nitrogens is 2. The van der Waals surface area contributed by atoms with E-state index in [0.29, 0.717) is 22.0 Å². The molecule has 0 atom stereocenters. The highest BCUT2D eigenvalue weighted by atomic mass is 79.9. The summed E-state index contributed by atoms with van der Waals surface area (Å²) in [7, 11) is 1.60. The lowest BCUT2D eigenvalue weighted by atomic mass is 10.0. The number of halogens is 2. The summed E-state index contributed by atoms with van der Waals surface area (Å²) in [4.78, 5) is 13.3. The van der Waals surface area contributed by atoms with E-state index in [1.807, 2.05) is 56.3 Å². The number of ketones is 1. The van der Waals surface area contributed by atoms with E-state index in [1.165, 1.54) is 0 Å². The van der Waals surface area contributed by atoms with Crippen LogP contribution in [-0.4, -0.2) is 22.7 Å². The Labute approximate surface area is 194 Å². The molecule has 0 unspecified atom stereocenters. The molecule has 4 aromatic rings. The van der Waals surface area contributed by atoms with Gasteiger partial charge in [-0.15, -0.1) is 0 Å². The Morgan fingerprint density at radius 1 is 1.00 bits per heavy atom. The van der Waals surface area contributed by atoms with Crippen molar-refractivity contribution in [3.8, 4) is 22.7 Å². The molecule has 0 spiro atoms. The van der Waals surface area contributed by atoms with Gasteiger partial charge in [-0.2, -0.15) is 5.10 Å². The van der Waals surface area contributed by atoms with Gasteiger partial charge >= 0.3 is 0 Å². The summed E-state index contributed by atoms with van der Waals surface area (Å²) in [6.45, 7) is 3.90. The quantitative estimate of drug-likeness (QED) is 0.286. The van der Waals surface area contributed by atoms with E-state index in [0.717, 1.165) is 32.5 Å². The van der Waals surface area contributed by atoms with Crippen LogP contribution in [0.5, 0.6) is 5.75 Å². The molecule has 4 rings (SSSR count). The summed E-state index contributed by atoms with van der Waals surface area (Å²) in [6.07, 6.45) is 0. The normalized spacial score (nSPS) is 10.9. The first-order chi connectivity index (χ1) is 14.9. The number of aryl methyl sites for hydroxylation is 1. The van der Waals surface area contributed by atoms with E-state index in [1.54, 1.807) is 36.1 Å². The van der Waals surface area contributed by atoms with E-state index in [9.17, 15) is 4.79 Å². The minimum Gasteiger partial charge on any atom is -0.497 e. The Morgan fingerprint density at radius 2 is 1.68 bits per heavy atom. The average molecular weight is 496 g/mol. The van der Waals surface area contributed by atoms with Gasteiger partial charge in [0.15, 0.2) is 0 Å². The van der Waals surface area contributed by atoms with Gasteiger partial charge in [0, 0.05) is 21.2 Å². The smallest absolute Gasteiger partial charge is 0.213 e. The molecule has 156 valence electrons. The first-order valence-electron chi connectivity index (χ1n) is 9.70. The highest BCUT2D eigenvalue weighted by Gasteiger charge is 2.24. The SMILES string of the molecule is COc1ccc(C(=O)c2nn(-c3ccc(C)cc3Cl)c(-c3ccc(Br)cc3)c2C)cc1. The zero-order valence-corrected chi connectivity index (χ0v) is 19.7. The second-order valence-corrected chi connectivity index (χ2v) is 8.58. The second kappa shape index (κ2) is 8.69. The van der Waals surface area contributed by atoms with Gasteiger partial charge in [0.25, 0.3) is 0 Å². The number of ether oxygens (including phenoxy) is 1.